The van der Waals surface area contributed by atoms with Gasteiger partial charge in [0.1, 0.15) is 11.6 Å². The Morgan fingerprint density at radius 3 is 2.50 bits per heavy atom. The molecule has 0 fully saturated rings. The largest absolute Gasteiger partial charge is 0.497 e. The number of carbonyl (C=O) groups is 1. The monoisotopic (exact) mass is 323 g/mol. The van der Waals surface area contributed by atoms with Crippen LogP contribution < -0.4 is 10.1 Å². The minimum absolute atomic E-state index is 0.197. The summed E-state index contributed by atoms with van der Waals surface area (Å²) in [5.74, 6) is 0.278. The highest BCUT2D eigenvalue weighted by Gasteiger charge is 2.05. The zero-order valence-corrected chi connectivity index (χ0v) is 13.4. The Hall–Kier alpha value is -2.88. The quantitative estimate of drug-likeness (QED) is 0.772. The van der Waals surface area contributed by atoms with E-state index in [4.69, 9.17) is 4.74 Å². The van der Waals surface area contributed by atoms with E-state index in [0.717, 1.165) is 28.5 Å². The molecule has 4 heteroatoms. The van der Waals surface area contributed by atoms with Crippen LogP contribution in [0, 0.1) is 5.82 Å². The molecule has 0 atom stereocenters. The molecule has 0 saturated heterocycles. The fourth-order valence-electron chi connectivity index (χ4n) is 2.58. The van der Waals surface area contributed by atoms with Gasteiger partial charge >= 0.3 is 0 Å². The maximum absolute atomic E-state index is 12.9. The molecule has 0 bridgehead atoms. The first-order chi connectivity index (χ1) is 11.7. The molecule has 1 N–H and O–H groups in total. The van der Waals surface area contributed by atoms with E-state index in [0.29, 0.717) is 12.1 Å². The van der Waals surface area contributed by atoms with E-state index < -0.39 is 0 Å². The van der Waals surface area contributed by atoms with Crippen LogP contribution in [0.3, 0.4) is 0 Å². The minimum Gasteiger partial charge on any atom is -0.497 e. The highest BCUT2D eigenvalue weighted by Crippen LogP contribution is 2.22. The van der Waals surface area contributed by atoms with Crippen LogP contribution in [0.25, 0.3) is 10.8 Å². The number of benzene rings is 3. The molecule has 0 saturated carbocycles. The summed E-state index contributed by atoms with van der Waals surface area (Å²) in [5, 5.41) is 5.11. The van der Waals surface area contributed by atoms with Crippen molar-refractivity contribution in [1.29, 1.82) is 0 Å². The van der Waals surface area contributed by atoms with E-state index in [1.807, 2.05) is 18.2 Å². The van der Waals surface area contributed by atoms with E-state index in [1.165, 1.54) is 24.3 Å². The van der Waals surface area contributed by atoms with Gasteiger partial charge in [-0.3, -0.25) is 4.79 Å². The van der Waals surface area contributed by atoms with Gasteiger partial charge in [-0.1, -0.05) is 24.3 Å². The second kappa shape index (κ2) is 7.13. The average molecular weight is 323 g/mol. The first-order valence-electron chi connectivity index (χ1n) is 7.76. The van der Waals surface area contributed by atoms with E-state index in [2.05, 4.69) is 23.5 Å². The van der Waals surface area contributed by atoms with Gasteiger partial charge in [-0.25, -0.2) is 4.39 Å². The second-order valence-electron chi connectivity index (χ2n) is 5.56. The van der Waals surface area contributed by atoms with Gasteiger partial charge in [0.05, 0.1) is 7.11 Å². The van der Waals surface area contributed by atoms with Crippen LogP contribution >= 0.6 is 0 Å². The summed E-state index contributed by atoms with van der Waals surface area (Å²) >= 11 is 0. The summed E-state index contributed by atoms with van der Waals surface area (Å²) < 4.78 is 18.1. The summed E-state index contributed by atoms with van der Waals surface area (Å²) in [4.78, 5) is 12.0. The Morgan fingerprint density at radius 2 is 1.75 bits per heavy atom. The van der Waals surface area contributed by atoms with Gasteiger partial charge in [-0.15, -0.1) is 0 Å². The molecular formula is C20H18FNO2. The number of hydrogen-bond acceptors (Lipinski definition) is 2. The minimum atomic E-state index is -0.349. The van der Waals surface area contributed by atoms with E-state index in [9.17, 15) is 9.18 Å². The van der Waals surface area contributed by atoms with E-state index in [-0.39, 0.29) is 11.7 Å². The van der Waals surface area contributed by atoms with Gasteiger partial charge in [-0.2, -0.15) is 0 Å². The van der Waals surface area contributed by atoms with Crippen molar-refractivity contribution in [3.05, 3.63) is 77.6 Å². The zero-order chi connectivity index (χ0) is 16.9. The van der Waals surface area contributed by atoms with Gasteiger partial charge in [0, 0.05) is 12.1 Å². The van der Waals surface area contributed by atoms with Gasteiger partial charge in [0.2, 0.25) is 0 Å². The lowest BCUT2D eigenvalue weighted by atomic mass is 10.0. The molecule has 0 unspecified atom stereocenters. The highest BCUT2D eigenvalue weighted by atomic mass is 19.1. The number of carbonyl (C=O) groups excluding carboxylic acids is 1. The van der Waals surface area contributed by atoms with Gasteiger partial charge in [0.25, 0.3) is 5.91 Å². The van der Waals surface area contributed by atoms with Crippen molar-refractivity contribution in [3.8, 4) is 5.75 Å². The average Bonchev–Trinajstić information content (AvgIpc) is 2.61. The SMILES string of the molecule is COc1ccc2ccc(CCNC(=O)c3ccc(F)cc3)cc2c1. The van der Waals surface area contributed by atoms with Crippen LogP contribution in [-0.2, 0) is 6.42 Å². The fourth-order valence-corrected chi connectivity index (χ4v) is 2.58. The normalized spacial score (nSPS) is 10.6. The third-order valence-electron chi connectivity index (χ3n) is 3.92. The predicted molar refractivity (Wildman–Crippen MR) is 92.9 cm³/mol. The number of rotatable bonds is 5. The highest BCUT2D eigenvalue weighted by molar-refractivity contribution is 5.94. The topological polar surface area (TPSA) is 38.3 Å². The molecule has 0 heterocycles. The van der Waals surface area contributed by atoms with Gasteiger partial charge < -0.3 is 10.1 Å². The Balaban J connectivity index is 1.62. The molecule has 122 valence electrons. The third-order valence-corrected chi connectivity index (χ3v) is 3.92. The maximum Gasteiger partial charge on any atom is 0.251 e. The van der Waals surface area contributed by atoms with Crippen molar-refractivity contribution in [1.82, 2.24) is 5.32 Å². The number of halogens is 1. The summed E-state index contributed by atoms with van der Waals surface area (Å²) in [5.41, 5.74) is 1.59. The van der Waals surface area contributed by atoms with Crippen molar-refractivity contribution in [3.63, 3.8) is 0 Å². The molecule has 3 aromatic carbocycles. The van der Waals surface area contributed by atoms with Crippen LogP contribution in [0.1, 0.15) is 15.9 Å². The summed E-state index contributed by atoms with van der Waals surface area (Å²) in [6.07, 6.45) is 0.722. The molecule has 3 nitrogen and oxygen atoms in total. The third kappa shape index (κ3) is 3.71. The smallest absolute Gasteiger partial charge is 0.251 e. The molecule has 0 aliphatic carbocycles. The second-order valence-corrected chi connectivity index (χ2v) is 5.56. The number of hydrogen-bond donors (Lipinski definition) is 1. The molecule has 1 amide bonds. The Bertz CT molecular complexity index is 859. The molecular weight excluding hydrogens is 305 g/mol. The predicted octanol–water partition coefficient (Wildman–Crippen LogP) is 3.96. The maximum atomic E-state index is 12.9. The number of methoxy groups -OCH3 is 1. The molecule has 3 rings (SSSR count). The molecule has 24 heavy (non-hydrogen) atoms. The lowest BCUT2D eigenvalue weighted by Gasteiger charge is -2.07. The Morgan fingerprint density at radius 1 is 1.00 bits per heavy atom. The van der Waals surface area contributed by atoms with Crippen molar-refractivity contribution in [2.45, 2.75) is 6.42 Å². The van der Waals surface area contributed by atoms with Gasteiger partial charge in [0.15, 0.2) is 0 Å². The molecule has 3 aromatic rings. The lowest BCUT2D eigenvalue weighted by Crippen LogP contribution is -2.25. The summed E-state index contributed by atoms with van der Waals surface area (Å²) in [7, 11) is 1.65. The molecule has 0 aromatic heterocycles. The number of amides is 1. The van der Waals surface area contributed by atoms with Crippen LogP contribution in [0.15, 0.2) is 60.7 Å². The fraction of sp³-hybridized carbons (Fsp3) is 0.150. The Labute approximate surface area is 140 Å². The first-order valence-corrected chi connectivity index (χ1v) is 7.76. The first kappa shape index (κ1) is 16.0. The van der Waals surface area contributed by atoms with Crippen LogP contribution in [0.5, 0.6) is 5.75 Å². The number of nitrogens with one attached hydrogen (secondary N) is 1. The molecule has 0 aliphatic heterocycles. The van der Waals surface area contributed by atoms with Crippen molar-refractivity contribution in [2.75, 3.05) is 13.7 Å². The molecule has 0 spiro atoms. The van der Waals surface area contributed by atoms with Crippen LogP contribution in [0.2, 0.25) is 0 Å². The standard InChI is InChI=1S/C20H18FNO2/c1-24-19-9-6-15-3-2-14(12-17(15)13-19)10-11-22-20(23)16-4-7-18(21)8-5-16/h2-9,12-13H,10-11H2,1H3,(H,22,23). The van der Waals surface area contributed by atoms with Crippen LogP contribution in [-0.4, -0.2) is 19.6 Å². The van der Waals surface area contributed by atoms with Crippen LogP contribution in [0.4, 0.5) is 4.39 Å². The van der Waals surface area contributed by atoms with E-state index in [1.54, 1.807) is 7.11 Å². The number of ether oxygens (including phenoxy) is 1. The Kier molecular flexibility index (Phi) is 4.75. The summed E-state index contributed by atoms with van der Waals surface area (Å²) in [6, 6.07) is 17.7. The lowest BCUT2D eigenvalue weighted by molar-refractivity contribution is 0.0954. The summed E-state index contributed by atoms with van der Waals surface area (Å²) in [6.45, 7) is 0.520. The van der Waals surface area contributed by atoms with Gasteiger partial charge in [-0.05, 0) is 59.2 Å². The van der Waals surface area contributed by atoms with Crippen molar-refractivity contribution < 1.29 is 13.9 Å². The van der Waals surface area contributed by atoms with Crippen molar-refractivity contribution >= 4 is 16.7 Å². The van der Waals surface area contributed by atoms with E-state index >= 15 is 0 Å². The molecule has 0 aliphatic rings. The zero-order valence-electron chi connectivity index (χ0n) is 13.4. The van der Waals surface area contributed by atoms with Crippen molar-refractivity contribution in [2.24, 2.45) is 0 Å². The number of fused-ring (bicyclic) bond motifs is 1. The molecule has 0 radical (unpaired) electrons.